The van der Waals surface area contributed by atoms with Crippen LogP contribution in [0.4, 0.5) is 0 Å². The topological polar surface area (TPSA) is 3.24 Å². The van der Waals surface area contributed by atoms with E-state index in [-0.39, 0.29) is 0 Å². The van der Waals surface area contributed by atoms with E-state index in [4.69, 9.17) is 0 Å². The Labute approximate surface area is 77.1 Å². The third kappa shape index (κ3) is 1.34. The van der Waals surface area contributed by atoms with Crippen LogP contribution in [-0.4, -0.2) is 11.9 Å². The van der Waals surface area contributed by atoms with Gasteiger partial charge in [-0.1, -0.05) is 30.3 Å². The van der Waals surface area contributed by atoms with Crippen molar-refractivity contribution in [3.05, 3.63) is 47.2 Å². The molecule has 0 bridgehead atoms. The quantitative estimate of drug-likeness (QED) is 0.647. The molecule has 0 atom stereocenters. The average molecular weight is 176 g/mol. The van der Waals surface area contributed by atoms with Gasteiger partial charge in [-0.3, -0.25) is 0 Å². The van der Waals surface area contributed by atoms with Gasteiger partial charge in [0, 0.05) is 7.05 Å². The minimum absolute atomic E-state index is 1.28. The first-order valence-electron chi connectivity index (χ1n) is 3.85. The second-order valence-corrected chi connectivity index (χ2v) is 3.44. The van der Waals surface area contributed by atoms with Crippen LogP contribution in [0.25, 0.3) is 5.70 Å². The van der Waals surface area contributed by atoms with Crippen molar-refractivity contribution in [3.8, 4) is 0 Å². The predicted molar refractivity (Wildman–Crippen MR) is 54.1 cm³/mol. The second-order valence-electron chi connectivity index (χ2n) is 2.72. The molecule has 1 aliphatic heterocycles. The molecule has 0 unspecified atom stereocenters. The van der Waals surface area contributed by atoms with Crippen LogP contribution >= 0.6 is 11.8 Å². The molecule has 0 N–H and O–H groups in total. The molecular weight excluding hydrogens is 166 g/mol. The SMILES string of the molecule is CN1[CH]SC=C1c1ccccc1. The van der Waals surface area contributed by atoms with E-state index in [0.717, 1.165) is 0 Å². The van der Waals surface area contributed by atoms with Crippen LogP contribution in [0.3, 0.4) is 0 Å². The molecular formula is C10H10NS. The molecule has 2 rings (SSSR count). The Morgan fingerprint density at radius 1 is 1.17 bits per heavy atom. The van der Waals surface area contributed by atoms with Crippen LogP contribution < -0.4 is 0 Å². The Morgan fingerprint density at radius 3 is 2.50 bits per heavy atom. The third-order valence-corrected chi connectivity index (χ3v) is 2.65. The van der Waals surface area contributed by atoms with E-state index in [2.05, 4.69) is 47.5 Å². The van der Waals surface area contributed by atoms with Crippen molar-refractivity contribution in [2.45, 2.75) is 0 Å². The Kier molecular flexibility index (Phi) is 2.09. The molecule has 0 saturated carbocycles. The summed E-state index contributed by atoms with van der Waals surface area (Å²) in [6, 6.07) is 10.4. The van der Waals surface area contributed by atoms with Crippen molar-refractivity contribution in [1.29, 1.82) is 0 Å². The number of hydrogen-bond acceptors (Lipinski definition) is 2. The summed E-state index contributed by atoms with van der Waals surface area (Å²) < 4.78 is 0. The first-order valence-corrected chi connectivity index (χ1v) is 4.79. The molecule has 0 amide bonds. The summed E-state index contributed by atoms with van der Waals surface area (Å²) in [5.74, 6) is 2.10. The summed E-state index contributed by atoms with van der Waals surface area (Å²) in [5.41, 5.74) is 2.56. The Hall–Kier alpha value is -0.890. The van der Waals surface area contributed by atoms with Gasteiger partial charge in [0.25, 0.3) is 0 Å². The van der Waals surface area contributed by atoms with Gasteiger partial charge in [0.1, 0.15) is 5.88 Å². The number of rotatable bonds is 1. The summed E-state index contributed by atoms with van der Waals surface area (Å²) in [6.07, 6.45) is 0. The van der Waals surface area contributed by atoms with Gasteiger partial charge in [0.05, 0.1) is 5.70 Å². The van der Waals surface area contributed by atoms with Gasteiger partial charge < -0.3 is 4.90 Å². The zero-order valence-corrected chi connectivity index (χ0v) is 7.71. The van der Waals surface area contributed by atoms with Gasteiger partial charge in [0.2, 0.25) is 0 Å². The maximum atomic E-state index is 2.16. The number of thioether (sulfide) groups is 1. The van der Waals surface area contributed by atoms with Crippen LogP contribution in [0.2, 0.25) is 0 Å². The molecule has 2 heteroatoms. The Balaban J connectivity index is 2.31. The summed E-state index contributed by atoms with van der Waals surface area (Å²) in [7, 11) is 2.07. The van der Waals surface area contributed by atoms with Crippen molar-refractivity contribution in [2.24, 2.45) is 0 Å². The smallest absolute Gasteiger partial charge is 0.109 e. The Morgan fingerprint density at radius 2 is 1.92 bits per heavy atom. The normalized spacial score (nSPS) is 16.4. The molecule has 1 aromatic carbocycles. The summed E-state index contributed by atoms with van der Waals surface area (Å²) in [6.45, 7) is 0. The lowest BCUT2D eigenvalue weighted by atomic mass is 10.2. The standard InChI is InChI=1S/C10H10NS/c1-11-8-12-7-10(11)9-5-3-2-4-6-9/h2-8H,1H3. The van der Waals surface area contributed by atoms with Crippen molar-refractivity contribution >= 4 is 17.5 Å². The van der Waals surface area contributed by atoms with E-state index in [1.165, 1.54) is 11.3 Å². The lowest BCUT2D eigenvalue weighted by Gasteiger charge is -2.14. The highest BCUT2D eigenvalue weighted by molar-refractivity contribution is 8.04. The largest absolute Gasteiger partial charge is 0.359 e. The molecule has 0 aromatic heterocycles. The predicted octanol–water partition coefficient (Wildman–Crippen LogP) is 2.78. The molecule has 0 spiro atoms. The Bertz CT molecular complexity index is 292. The first-order chi connectivity index (χ1) is 5.88. The zero-order valence-electron chi connectivity index (χ0n) is 6.90. The molecule has 1 heterocycles. The lowest BCUT2D eigenvalue weighted by molar-refractivity contribution is 0.641. The zero-order chi connectivity index (χ0) is 8.39. The maximum Gasteiger partial charge on any atom is 0.109 e. The molecule has 61 valence electrons. The molecule has 1 aromatic rings. The highest BCUT2D eigenvalue weighted by Gasteiger charge is 2.12. The van der Waals surface area contributed by atoms with Gasteiger partial charge in [-0.15, -0.1) is 11.8 Å². The molecule has 0 saturated heterocycles. The van der Waals surface area contributed by atoms with E-state index < -0.39 is 0 Å². The van der Waals surface area contributed by atoms with Crippen LogP contribution in [-0.2, 0) is 0 Å². The first kappa shape index (κ1) is 7.74. The maximum absolute atomic E-state index is 2.16. The van der Waals surface area contributed by atoms with Crippen molar-refractivity contribution in [1.82, 2.24) is 4.90 Å². The van der Waals surface area contributed by atoms with Gasteiger partial charge in [-0.25, -0.2) is 0 Å². The monoisotopic (exact) mass is 176 g/mol. The molecule has 0 aliphatic carbocycles. The molecule has 1 nitrogen and oxygen atoms in total. The third-order valence-electron chi connectivity index (χ3n) is 1.85. The van der Waals surface area contributed by atoms with Crippen molar-refractivity contribution < 1.29 is 0 Å². The van der Waals surface area contributed by atoms with Crippen LogP contribution in [0.1, 0.15) is 5.56 Å². The van der Waals surface area contributed by atoms with Crippen LogP contribution in [0.15, 0.2) is 35.7 Å². The van der Waals surface area contributed by atoms with Crippen molar-refractivity contribution in [3.63, 3.8) is 0 Å². The van der Waals surface area contributed by atoms with Gasteiger partial charge in [0.15, 0.2) is 0 Å². The summed E-state index contributed by atoms with van der Waals surface area (Å²) in [4.78, 5) is 2.14. The summed E-state index contributed by atoms with van der Waals surface area (Å²) >= 11 is 1.72. The molecule has 1 radical (unpaired) electrons. The van der Waals surface area contributed by atoms with E-state index in [0.29, 0.717) is 0 Å². The van der Waals surface area contributed by atoms with Crippen molar-refractivity contribution in [2.75, 3.05) is 7.05 Å². The number of benzene rings is 1. The van der Waals surface area contributed by atoms with E-state index in [9.17, 15) is 0 Å². The number of hydrogen-bond donors (Lipinski definition) is 0. The molecule has 0 fully saturated rings. The summed E-state index contributed by atoms with van der Waals surface area (Å²) in [5, 5.41) is 2.16. The van der Waals surface area contributed by atoms with E-state index >= 15 is 0 Å². The van der Waals surface area contributed by atoms with Crippen LogP contribution in [0, 0.1) is 5.88 Å². The fourth-order valence-corrected chi connectivity index (χ4v) is 1.99. The fraction of sp³-hybridized carbons (Fsp3) is 0.100. The highest BCUT2D eigenvalue weighted by Crippen LogP contribution is 2.31. The lowest BCUT2D eigenvalue weighted by Crippen LogP contribution is -2.06. The molecule has 1 aliphatic rings. The second kappa shape index (κ2) is 3.23. The average Bonchev–Trinajstić information content (AvgIpc) is 2.53. The molecule has 12 heavy (non-hydrogen) atoms. The van der Waals surface area contributed by atoms with E-state index in [1.54, 1.807) is 11.8 Å². The minimum atomic E-state index is 1.28. The highest BCUT2D eigenvalue weighted by atomic mass is 32.2. The van der Waals surface area contributed by atoms with E-state index in [1.807, 2.05) is 6.07 Å². The fourth-order valence-electron chi connectivity index (χ4n) is 1.21. The van der Waals surface area contributed by atoms with Gasteiger partial charge >= 0.3 is 0 Å². The van der Waals surface area contributed by atoms with Gasteiger partial charge in [-0.05, 0) is 11.0 Å². The number of nitrogens with zero attached hydrogens (tertiary/aromatic N) is 1. The van der Waals surface area contributed by atoms with Gasteiger partial charge in [-0.2, -0.15) is 0 Å². The minimum Gasteiger partial charge on any atom is -0.359 e. The van der Waals surface area contributed by atoms with Crippen LogP contribution in [0.5, 0.6) is 0 Å².